The Morgan fingerprint density at radius 1 is 1.40 bits per heavy atom. The van der Waals surface area contributed by atoms with Crippen LogP contribution in [0.15, 0.2) is 17.3 Å². The third kappa shape index (κ3) is 4.23. The minimum Gasteiger partial charge on any atom is -0.465 e. The van der Waals surface area contributed by atoms with Gasteiger partial charge in [-0.05, 0) is 35.4 Å². The fourth-order valence-electron chi connectivity index (χ4n) is 2.11. The number of hydrogen-bond acceptors (Lipinski definition) is 7. The molecule has 1 N–H and O–H groups in total. The van der Waals surface area contributed by atoms with Gasteiger partial charge in [-0.3, -0.25) is 4.79 Å². The van der Waals surface area contributed by atoms with Crippen LogP contribution in [0.25, 0.3) is 0 Å². The van der Waals surface area contributed by atoms with E-state index in [1.807, 2.05) is 0 Å². The Bertz CT molecular complexity index is 825. The normalized spacial score (nSPS) is 13.6. The predicted octanol–water partition coefficient (Wildman–Crippen LogP) is 2.83. The van der Waals surface area contributed by atoms with Crippen molar-refractivity contribution in [2.45, 2.75) is 24.0 Å². The number of benzene rings is 1. The fraction of sp³-hybridized carbons (Fsp3) is 0.357. The summed E-state index contributed by atoms with van der Waals surface area (Å²) in [5.41, 5.74) is 0.242. The van der Waals surface area contributed by atoms with E-state index in [-0.39, 0.29) is 33.0 Å². The zero-order valence-electron chi connectivity index (χ0n) is 13.0. The predicted molar refractivity (Wildman–Crippen MR) is 93.2 cm³/mol. The molecule has 8 nitrogen and oxygen atoms in total. The highest BCUT2D eigenvalue weighted by Gasteiger charge is 2.28. The van der Waals surface area contributed by atoms with E-state index in [0.717, 1.165) is 12.8 Å². The molecule has 0 radical (unpaired) electrons. The molecule has 132 valence electrons. The number of tetrazole rings is 1. The van der Waals surface area contributed by atoms with E-state index < -0.39 is 5.97 Å². The van der Waals surface area contributed by atoms with Crippen molar-refractivity contribution in [2.75, 3.05) is 18.2 Å². The van der Waals surface area contributed by atoms with Crippen LogP contribution in [0.4, 0.5) is 5.69 Å². The van der Waals surface area contributed by atoms with Crippen LogP contribution < -0.4 is 5.32 Å². The number of aromatic nitrogens is 4. The standard InChI is InChI=1S/C14H13Cl2N5O3S/c1-24-13(23)9-4-7(15)5-10(16)12(9)17-11(22)6-25-14-18-19-20-21(14)8-2-3-8/h4-5,8H,2-3,6H2,1H3,(H,17,22). The molecule has 0 unspecified atom stereocenters. The van der Waals surface area contributed by atoms with Crippen LogP contribution >= 0.6 is 35.0 Å². The third-order valence-corrected chi connectivity index (χ3v) is 4.86. The van der Waals surface area contributed by atoms with Gasteiger partial charge < -0.3 is 10.1 Å². The van der Waals surface area contributed by atoms with Crippen molar-refractivity contribution in [3.8, 4) is 0 Å². The van der Waals surface area contributed by atoms with Crippen molar-refractivity contribution in [3.05, 3.63) is 27.7 Å². The first-order chi connectivity index (χ1) is 12.0. The van der Waals surface area contributed by atoms with Gasteiger partial charge in [0.25, 0.3) is 0 Å². The van der Waals surface area contributed by atoms with Crippen LogP contribution in [-0.2, 0) is 9.53 Å². The Labute approximate surface area is 157 Å². The number of nitrogens with one attached hydrogen (secondary N) is 1. The minimum absolute atomic E-state index is 0.0622. The molecule has 1 fully saturated rings. The van der Waals surface area contributed by atoms with Crippen LogP contribution in [-0.4, -0.2) is 44.9 Å². The average molecular weight is 402 g/mol. The summed E-state index contributed by atoms with van der Waals surface area (Å²) in [5.74, 6) is -0.943. The Balaban J connectivity index is 1.70. The van der Waals surface area contributed by atoms with Crippen LogP contribution in [0.1, 0.15) is 29.2 Å². The molecule has 3 rings (SSSR count). The lowest BCUT2D eigenvalue weighted by molar-refractivity contribution is -0.113. The minimum atomic E-state index is -0.648. The van der Waals surface area contributed by atoms with Crippen LogP contribution in [0.2, 0.25) is 10.0 Å². The van der Waals surface area contributed by atoms with Crippen molar-refractivity contribution >= 4 is 52.5 Å². The Morgan fingerprint density at radius 2 is 2.16 bits per heavy atom. The molecule has 2 aromatic rings. The molecule has 1 saturated carbocycles. The molecule has 0 aliphatic heterocycles. The summed E-state index contributed by atoms with van der Waals surface area (Å²) in [6, 6.07) is 3.14. The van der Waals surface area contributed by atoms with Crippen molar-refractivity contribution in [2.24, 2.45) is 0 Å². The second-order valence-electron chi connectivity index (χ2n) is 5.28. The van der Waals surface area contributed by atoms with Gasteiger partial charge in [0.2, 0.25) is 11.1 Å². The number of amides is 1. The highest BCUT2D eigenvalue weighted by molar-refractivity contribution is 7.99. The summed E-state index contributed by atoms with van der Waals surface area (Å²) in [6.45, 7) is 0. The van der Waals surface area contributed by atoms with Crippen LogP contribution in [0.5, 0.6) is 0 Å². The molecule has 1 amide bonds. The zero-order chi connectivity index (χ0) is 18.0. The van der Waals surface area contributed by atoms with E-state index in [1.165, 1.54) is 31.0 Å². The number of esters is 1. The number of halogens is 2. The van der Waals surface area contributed by atoms with E-state index in [4.69, 9.17) is 27.9 Å². The number of methoxy groups -OCH3 is 1. The molecule has 11 heteroatoms. The number of thioether (sulfide) groups is 1. The summed E-state index contributed by atoms with van der Waals surface area (Å²) in [5, 5.41) is 15.1. The maximum atomic E-state index is 12.3. The first-order valence-corrected chi connectivity index (χ1v) is 9.01. The lowest BCUT2D eigenvalue weighted by Crippen LogP contribution is -2.18. The lowest BCUT2D eigenvalue weighted by atomic mass is 10.1. The Hall–Kier alpha value is -1.84. The van der Waals surface area contributed by atoms with E-state index in [2.05, 4.69) is 20.8 Å². The van der Waals surface area contributed by atoms with Crippen molar-refractivity contribution < 1.29 is 14.3 Å². The molecule has 0 bridgehead atoms. The molecule has 25 heavy (non-hydrogen) atoms. The second kappa shape index (κ2) is 7.59. The first-order valence-electron chi connectivity index (χ1n) is 7.27. The highest BCUT2D eigenvalue weighted by Crippen LogP contribution is 2.36. The number of rotatable bonds is 6. The molecule has 0 spiro atoms. The lowest BCUT2D eigenvalue weighted by Gasteiger charge is -2.12. The van der Waals surface area contributed by atoms with Gasteiger partial charge >= 0.3 is 5.97 Å². The fourth-order valence-corrected chi connectivity index (χ4v) is 3.39. The van der Waals surface area contributed by atoms with E-state index in [0.29, 0.717) is 11.2 Å². The van der Waals surface area contributed by atoms with E-state index >= 15 is 0 Å². The molecular formula is C14H13Cl2N5O3S. The van der Waals surface area contributed by atoms with Gasteiger partial charge in [0.15, 0.2) is 0 Å². The summed E-state index contributed by atoms with van der Waals surface area (Å²) in [6.07, 6.45) is 2.07. The second-order valence-corrected chi connectivity index (χ2v) is 7.06. The van der Waals surface area contributed by atoms with E-state index in [1.54, 1.807) is 4.68 Å². The van der Waals surface area contributed by atoms with Gasteiger partial charge in [-0.25, -0.2) is 9.48 Å². The molecule has 1 aliphatic carbocycles. The first kappa shape index (κ1) is 18.0. The smallest absolute Gasteiger partial charge is 0.340 e. The number of anilines is 1. The monoisotopic (exact) mass is 401 g/mol. The van der Waals surface area contributed by atoms with Gasteiger partial charge in [-0.15, -0.1) is 5.10 Å². The maximum absolute atomic E-state index is 12.3. The van der Waals surface area contributed by atoms with E-state index in [9.17, 15) is 9.59 Å². The molecule has 1 aromatic carbocycles. The average Bonchev–Trinajstić information content (AvgIpc) is 3.32. The third-order valence-electron chi connectivity index (χ3n) is 3.41. The summed E-state index contributed by atoms with van der Waals surface area (Å²) in [7, 11) is 1.23. The quantitative estimate of drug-likeness (QED) is 0.586. The van der Waals surface area contributed by atoms with Gasteiger partial charge in [-0.2, -0.15) is 0 Å². The topological polar surface area (TPSA) is 99.0 Å². The molecule has 1 aromatic heterocycles. The van der Waals surface area contributed by atoms with Gasteiger partial charge in [0.05, 0.1) is 35.2 Å². The summed E-state index contributed by atoms with van der Waals surface area (Å²) in [4.78, 5) is 24.1. The molecule has 1 aliphatic rings. The summed E-state index contributed by atoms with van der Waals surface area (Å²) < 4.78 is 6.41. The highest BCUT2D eigenvalue weighted by atomic mass is 35.5. The molecule has 0 atom stereocenters. The number of ether oxygens (including phenoxy) is 1. The van der Waals surface area contributed by atoms with Crippen LogP contribution in [0, 0.1) is 0 Å². The number of hydrogen-bond donors (Lipinski definition) is 1. The zero-order valence-corrected chi connectivity index (χ0v) is 15.4. The number of carbonyl (C=O) groups is 2. The van der Waals surface area contributed by atoms with Crippen LogP contribution in [0.3, 0.4) is 0 Å². The SMILES string of the molecule is COC(=O)c1cc(Cl)cc(Cl)c1NC(=O)CSc1nnnn1C1CC1. The molecular weight excluding hydrogens is 389 g/mol. The molecule has 1 heterocycles. The number of carbonyl (C=O) groups excluding carboxylic acids is 2. The largest absolute Gasteiger partial charge is 0.465 e. The maximum Gasteiger partial charge on any atom is 0.340 e. The van der Waals surface area contributed by atoms with Gasteiger partial charge in [-0.1, -0.05) is 35.0 Å². The van der Waals surface area contributed by atoms with Crippen molar-refractivity contribution in [1.82, 2.24) is 20.2 Å². The Kier molecular flexibility index (Phi) is 5.45. The van der Waals surface area contributed by atoms with Gasteiger partial charge in [0.1, 0.15) is 0 Å². The molecule has 0 saturated heterocycles. The van der Waals surface area contributed by atoms with Crippen molar-refractivity contribution in [3.63, 3.8) is 0 Å². The number of nitrogens with zero attached hydrogens (tertiary/aromatic N) is 4. The van der Waals surface area contributed by atoms with Gasteiger partial charge in [0, 0.05) is 5.02 Å². The Morgan fingerprint density at radius 3 is 2.84 bits per heavy atom. The summed E-state index contributed by atoms with van der Waals surface area (Å²) >= 11 is 13.2. The van der Waals surface area contributed by atoms with Crippen molar-refractivity contribution in [1.29, 1.82) is 0 Å².